The molecule has 4 rings (SSSR count). The summed E-state index contributed by atoms with van der Waals surface area (Å²) >= 11 is 0. The molecule has 1 amide bonds. The van der Waals surface area contributed by atoms with Crippen LogP contribution < -0.4 is 5.73 Å². The average Bonchev–Trinajstić information content (AvgIpc) is 3.47. The van der Waals surface area contributed by atoms with E-state index in [1.54, 1.807) is 12.4 Å². The minimum absolute atomic E-state index is 0.378. The van der Waals surface area contributed by atoms with E-state index < -0.39 is 0 Å². The molecule has 0 bridgehead atoms. The van der Waals surface area contributed by atoms with Crippen LogP contribution in [-0.2, 0) is 11.3 Å². The molecular weight excluding hydrogens is 416 g/mol. The Morgan fingerprint density at radius 2 is 1.76 bits per heavy atom. The average molecular weight is 453 g/mol. The summed E-state index contributed by atoms with van der Waals surface area (Å²) in [6.07, 6.45) is 9.22. The van der Waals surface area contributed by atoms with Crippen molar-refractivity contribution in [2.24, 2.45) is 11.8 Å². The number of nitrogens with zero attached hydrogens (tertiary/aromatic N) is 7. The third kappa shape index (κ3) is 5.83. The van der Waals surface area contributed by atoms with Crippen LogP contribution in [0.4, 0.5) is 5.82 Å². The number of nitrogens with two attached hydrogens (primary N) is 1. The summed E-state index contributed by atoms with van der Waals surface area (Å²) in [5.74, 6) is 3.44. The highest BCUT2D eigenvalue weighted by atomic mass is 16.2. The van der Waals surface area contributed by atoms with Crippen LogP contribution in [0.25, 0.3) is 22.6 Å². The molecular formula is C24H36N8O. The van der Waals surface area contributed by atoms with E-state index >= 15 is 0 Å². The van der Waals surface area contributed by atoms with Crippen molar-refractivity contribution >= 4 is 22.9 Å². The maximum Gasteiger partial charge on any atom is 0.222 e. The van der Waals surface area contributed by atoms with Gasteiger partial charge < -0.3 is 15.2 Å². The van der Waals surface area contributed by atoms with Crippen molar-refractivity contribution < 1.29 is 4.79 Å². The topological polar surface area (TPSA) is 116 Å². The summed E-state index contributed by atoms with van der Waals surface area (Å²) in [5.41, 5.74) is 8.01. The van der Waals surface area contributed by atoms with E-state index in [0.29, 0.717) is 29.1 Å². The van der Waals surface area contributed by atoms with Gasteiger partial charge in [0.25, 0.3) is 0 Å². The minimum Gasteiger partial charge on any atom is -0.382 e. The molecule has 1 aliphatic rings. The first-order valence-electron chi connectivity index (χ1n) is 11.9. The number of imidazole rings is 1. The zero-order valence-electron chi connectivity index (χ0n) is 20.5. The van der Waals surface area contributed by atoms with Crippen molar-refractivity contribution in [3.63, 3.8) is 0 Å². The summed E-state index contributed by atoms with van der Waals surface area (Å²) in [6.45, 7) is 13.2. The first kappa shape index (κ1) is 24.5. The zero-order valence-corrected chi connectivity index (χ0v) is 20.5. The zero-order chi connectivity index (χ0) is 24.0. The van der Waals surface area contributed by atoms with Gasteiger partial charge in [-0.1, -0.05) is 27.2 Å². The number of aryl methyl sites for hydroxylation is 2. The standard InChI is InChI=1S/C12H13N7.C12H23NO/c1-3-19-11(8-4-14-7(2)15-5-8)18-9-10(13)16-6-17-12(9)19;1-4-11(10(2)3)9-12(14)13-7-5-6-8-13/h4-6H,3H2,1-2H3,(H2,13,16,17);10-11H,4-9H2,1-3H3/t;11-/m.1/s1. The Hall–Kier alpha value is -3.10. The number of hydrogen-bond donors (Lipinski definition) is 1. The van der Waals surface area contributed by atoms with E-state index in [2.05, 4.69) is 45.7 Å². The highest BCUT2D eigenvalue weighted by Gasteiger charge is 2.22. The molecule has 3 aromatic rings. The van der Waals surface area contributed by atoms with Crippen molar-refractivity contribution in [1.29, 1.82) is 0 Å². The molecule has 1 saturated heterocycles. The van der Waals surface area contributed by atoms with Crippen LogP contribution in [-0.4, -0.2) is 53.4 Å². The van der Waals surface area contributed by atoms with E-state index in [1.807, 2.05) is 23.3 Å². The number of nitrogen functional groups attached to an aromatic ring is 1. The smallest absolute Gasteiger partial charge is 0.222 e. The van der Waals surface area contributed by atoms with Crippen LogP contribution in [0.2, 0.25) is 0 Å². The number of carbonyl (C=O) groups is 1. The minimum atomic E-state index is 0.378. The Balaban J connectivity index is 0.000000196. The number of anilines is 1. The second-order valence-electron chi connectivity index (χ2n) is 8.83. The SMILES string of the molecule is CC[C@H](CC(=O)N1CCCC1)C(C)C.CCn1c(-c2cnc(C)nc2)nc2c(N)ncnc21. The van der Waals surface area contributed by atoms with E-state index in [1.165, 1.54) is 19.2 Å². The number of amides is 1. The fourth-order valence-electron chi connectivity index (χ4n) is 4.15. The van der Waals surface area contributed by atoms with Crippen LogP contribution in [0.5, 0.6) is 0 Å². The number of aromatic nitrogens is 6. The quantitative estimate of drug-likeness (QED) is 0.603. The fourth-order valence-corrected chi connectivity index (χ4v) is 4.15. The molecule has 9 nitrogen and oxygen atoms in total. The molecule has 1 atom stereocenters. The predicted molar refractivity (Wildman–Crippen MR) is 130 cm³/mol. The van der Waals surface area contributed by atoms with E-state index in [4.69, 9.17) is 5.73 Å². The van der Waals surface area contributed by atoms with Gasteiger partial charge in [-0.15, -0.1) is 0 Å². The summed E-state index contributed by atoms with van der Waals surface area (Å²) in [5, 5.41) is 0. The first-order valence-corrected chi connectivity index (χ1v) is 11.9. The Morgan fingerprint density at radius 1 is 1.09 bits per heavy atom. The molecule has 0 spiro atoms. The van der Waals surface area contributed by atoms with Gasteiger partial charge in [0.2, 0.25) is 5.91 Å². The third-order valence-corrected chi connectivity index (χ3v) is 6.28. The summed E-state index contributed by atoms with van der Waals surface area (Å²) in [4.78, 5) is 35.0. The number of rotatable bonds is 6. The van der Waals surface area contributed by atoms with Crippen LogP contribution in [0.1, 0.15) is 59.2 Å². The lowest BCUT2D eigenvalue weighted by Crippen LogP contribution is -2.30. The van der Waals surface area contributed by atoms with Crippen molar-refractivity contribution in [2.75, 3.05) is 18.8 Å². The Bertz CT molecular complexity index is 1050. The molecule has 0 saturated carbocycles. The summed E-state index contributed by atoms with van der Waals surface area (Å²) < 4.78 is 1.97. The lowest BCUT2D eigenvalue weighted by Gasteiger charge is -2.22. The van der Waals surface area contributed by atoms with Gasteiger partial charge in [0.15, 0.2) is 17.0 Å². The Kier molecular flexibility index (Phi) is 8.30. The Morgan fingerprint density at radius 3 is 2.33 bits per heavy atom. The monoisotopic (exact) mass is 452 g/mol. The van der Waals surface area contributed by atoms with E-state index in [-0.39, 0.29) is 0 Å². The summed E-state index contributed by atoms with van der Waals surface area (Å²) in [7, 11) is 0. The number of hydrogen-bond acceptors (Lipinski definition) is 7. The molecule has 1 fully saturated rings. The molecule has 0 aliphatic carbocycles. The molecule has 178 valence electrons. The highest BCUT2D eigenvalue weighted by Crippen LogP contribution is 2.25. The lowest BCUT2D eigenvalue weighted by atomic mass is 9.90. The van der Waals surface area contributed by atoms with E-state index in [0.717, 1.165) is 55.3 Å². The molecule has 33 heavy (non-hydrogen) atoms. The maximum absolute atomic E-state index is 11.8. The van der Waals surface area contributed by atoms with Gasteiger partial charge in [0.1, 0.15) is 18.0 Å². The second-order valence-corrected chi connectivity index (χ2v) is 8.83. The van der Waals surface area contributed by atoms with Crippen LogP contribution in [0.15, 0.2) is 18.7 Å². The van der Waals surface area contributed by atoms with Gasteiger partial charge in [-0.2, -0.15) is 0 Å². The van der Waals surface area contributed by atoms with Crippen LogP contribution >= 0.6 is 0 Å². The second kappa shape index (κ2) is 11.2. The van der Waals surface area contributed by atoms with Gasteiger partial charge in [-0.25, -0.2) is 24.9 Å². The molecule has 2 N–H and O–H groups in total. The lowest BCUT2D eigenvalue weighted by molar-refractivity contribution is -0.131. The molecule has 0 radical (unpaired) electrons. The molecule has 0 unspecified atom stereocenters. The first-order chi connectivity index (χ1) is 15.8. The van der Waals surface area contributed by atoms with Crippen LogP contribution in [0, 0.1) is 18.8 Å². The largest absolute Gasteiger partial charge is 0.382 e. The number of fused-ring (bicyclic) bond motifs is 1. The van der Waals surface area contributed by atoms with Crippen LogP contribution in [0.3, 0.4) is 0 Å². The fraction of sp³-hybridized carbons (Fsp3) is 0.583. The van der Waals surface area contributed by atoms with Gasteiger partial charge in [-0.05, 0) is 38.5 Å². The molecule has 1 aliphatic heterocycles. The normalized spacial score (nSPS) is 14.4. The van der Waals surface area contributed by atoms with Gasteiger partial charge in [0, 0.05) is 38.4 Å². The van der Waals surface area contributed by atoms with Crippen molar-refractivity contribution in [1.82, 2.24) is 34.4 Å². The summed E-state index contributed by atoms with van der Waals surface area (Å²) in [6, 6.07) is 0. The van der Waals surface area contributed by atoms with Gasteiger partial charge >= 0.3 is 0 Å². The van der Waals surface area contributed by atoms with Crippen molar-refractivity contribution in [2.45, 2.75) is 66.8 Å². The third-order valence-electron chi connectivity index (χ3n) is 6.28. The van der Waals surface area contributed by atoms with Gasteiger partial charge in [-0.3, -0.25) is 4.79 Å². The van der Waals surface area contributed by atoms with Crippen molar-refractivity contribution in [3.8, 4) is 11.4 Å². The Labute approximate surface area is 195 Å². The van der Waals surface area contributed by atoms with Crippen molar-refractivity contribution in [3.05, 3.63) is 24.5 Å². The molecule has 9 heteroatoms. The molecule has 4 heterocycles. The molecule has 3 aromatic heterocycles. The maximum atomic E-state index is 11.8. The van der Waals surface area contributed by atoms with Gasteiger partial charge in [0.05, 0.1) is 5.56 Å². The highest BCUT2D eigenvalue weighted by molar-refractivity contribution is 5.85. The van der Waals surface area contributed by atoms with E-state index in [9.17, 15) is 4.79 Å². The number of carbonyl (C=O) groups excluding carboxylic acids is 1. The predicted octanol–water partition coefficient (Wildman–Crippen LogP) is 3.87. The molecule has 0 aromatic carbocycles. The number of likely N-dealkylation sites (tertiary alicyclic amines) is 1.